The molecule has 0 radical (unpaired) electrons. The minimum Gasteiger partial charge on any atom is -0.478 e. The summed E-state index contributed by atoms with van der Waals surface area (Å²) in [4.78, 5) is 35.3. The van der Waals surface area contributed by atoms with Gasteiger partial charge >= 0.3 is 5.97 Å². The third-order valence-electron chi connectivity index (χ3n) is 2.99. The Bertz CT molecular complexity index is 536. The maximum absolute atomic E-state index is 11.7. The number of Topliss-reactive ketones (excluding diaryl/α,β-unsaturated/α-hetero) is 1. The van der Waals surface area contributed by atoms with Crippen molar-refractivity contribution in [3.05, 3.63) is 29.3 Å². The number of carboxylic acid groups (broad SMARTS) is 1. The standard InChI is InChI=1S/C13H13NO4/c1-2-8-3-4-9(13(17)18)5-11(8)14-7-10(15)6-12(14)16/h3-5H,2,6-7H2,1H3,(H,17,18). The molecule has 1 heterocycles. The molecule has 0 atom stereocenters. The van der Waals surface area contributed by atoms with Crippen molar-refractivity contribution in [1.82, 2.24) is 0 Å². The molecule has 0 spiro atoms. The second-order valence-electron chi connectivity index (χ2n) is 4.20. The average Bonchev–Trinajstić information content (AvgIpc) is 2.67. The van der Waals surface area contributed by atoms with Crippen LogP contribution in [0.2, 0.25) is 0 Å². The summed E-state index contributed by atoms with van der Waals surface area (Å²) in [6.07, 6.45) is 0.577. The highest BCUT2D eigenvalue weighted by atomic mass is 16.4. The predicted molar refractivity (Wildman–Crippen MR) is 64.8 cm³/mol. The average molecular weight is 247 g/mol. The summed E-state index contributed by atoms with van der Waals surface area (Å²) in [5, 5.41) is 8.96. The number of aromatic carboxylic acids is 1. The van der Waals surface area contributed by atoms with Crippen molar-refractivity contribution in [2.45, 2.75) is 19.8 Å². The van der Waals surface area contributed by atoms with Crippen molar-refractivity contribution in [3.8, 4) is 0 Å². The number of aryl methyl sites for hydroxylation is 1. The Balaban J connectivity index is 2.47. The number of benzene rings is 1. The van der Waals surface area contributed by atoms with Crippen LogP contribution in [0.1, 0.15) is 29.3 Å². The van der Waals surface area contributed by atoms with Crippen molar-refractivity contribution in [3.63, 3.8) is 0 Å². The molecule has 1 aliphatic heterocycles. The zero-order valence-corrected chi connectivity index (χ0v) is 9.97. The molecule has 5 nitrogen and oxygen atoms in total. The highest BCUT2D eigenvalue weighted by Crippen LogP contribution is 2.26. The van der Waals surface area contributed by atoms with E-state index in [2.05, 4.69) is 0 Å². The lowest BCUT2D eigenvalue weighted by Gasteiger charge is -2.19. The first-order valence-electron chi connectivity index (χ1n) is 5.71. The summed E-state index contributed by atoms with van der Waals surface area (Å²) in [5.41, 5.74) is 1.52. The fourth-order valence-corrected chi connectivity index (χ4v) is 2.05. The van der Waals surface area contributed by atoms with Crippen LogP contribution in [0.25, 0.3) is 0 Å². The van der Waals surface area contributed by atoms with Crippen molar-refractivity contribution < 1.29 is 19.5 Å². The summed E-state index contributed by atoms with van der Waals surface area (Å²) in [5.74, 6) is -1.45. The van der Waals surface area contributed by atoms with E-state index in [0.717, 1.165) is 5.56 Å². The largest absolute Gasteiger partial charge is 0.478 e. The molecule has 0 bridgehead atoms. The Morgan fingerprint density at radius 1 is 1.39 bits per heavy atom. The number of ketones is 1. The number of nitrogens with zero attached hydrogens (tertiary/aromatic N) is 1. The highest BCUT2D eigenvalue weighted by molar-refractivity contribution is 6.15. The summed E-state index contributed by atoms with van der Waals surface area (Å²) in [6, 6.07) is 4.65. The SMILES string of the molecule is CCc1ccc(C(=O)O)cc1N1CC(=O)CC1=O. The van der Waals surface area contributed by atoms with E-state index in [0.29, 0.717) is 12.1 Å². The summed E-state index contributed by atoms with van der Waals surface area (Å²) in [7, 11) is 0. The van der Waals surface area contributed by atoms with Crippen LogP contribution in [0, 0.1) is 0 Å². The summed E-state index contributed by atoms with van der Waals surface area (Å²) in [6.45, 7) is 1.95. The second kappa shape index (κ2) is 4.60. The number of anilines is 1. The summed E-state index contributed by atoms with van der Waals surface area (Å²) >= 11 is 0. The molecule has 94 valence electrons. The van der Waals surface area contributed by atoms with Gasteiger partial charge in [-0.05, 0) is 24.1 Å². The molecule has 1 saturated heterocycles. The quantitative estimate of drug-likeness (QED) is 0.816. The Hall–Kier alpha value is -2.17. The fourth-order valence-electron chi connectivity index (χ4n) is 2.05. The number of amides is 1. The molecule has 2 rings (SSSR count). The van der Waals surface area contributed by atoms with Gasteiger partial charge in [-0.2, -0.15) is 0 Å². The summed E-state index contributed by atoms with van der Waals surface area (Å²) < 4.78 is 0. The molecule has 1 aromatic rings. The van der Waals surface area contributed by atoms with E-state index in [-0.39, 0.29) is 30.2 Å². The monoisotopic (exact) mass is 247 g/mol. The number of carboxylic acids is 1. The van der Waals surface area contributed by atoms with Gasteiger partial charge in [-0.15, -0.1) is 0 Å². The Kier molecular flexibility index (Phi) is 3.14. The van der Waals surface area contributed by atoms with Crippen LogP contribution in [0.4, 0.5) is 5.69 Å². The molecule has 0 unspecified atom stereocenters. The van der Waals surface area contributed by atoms with Crippen molar-refractivity contribution in [2.75, 3.05) is 11.4 Å². The lowest BCUT2D eigenvalue weighted by atomic mass is 10.1. The molecule has 1 aromatic carbocycles. The second-order valence-corrected chi connectivity index (χ2v) is 4.20. The maximum atomic E-state index is 11.7. The van der Waals surface area contributed by atoms with Crippen LogP contribution in [0.15, 0.2) is 18.2 Å². The van der Waals surface area contributed by atoms with E-state index in [4.69, 9.17) is 5.11 Å². The Morgan fingerprint density at radius 3 is 2.61 bits per heavy atom. The molecule has 1 fully saturated rings. The highest BCUT2D eigenvalue weighted by Gasteiger charge is 2.30. The van der Waals surface area contributed by atoms with Crippen molar-refractivity contribution in [1.29, 1.82) is 0 Å². The van der Waals surface area contributed by atoms with Crippen molar-refractivity contribution in [2.24, 2.45) is 0 Å². The Morgan fingerprint density at radius 2 is 2.11 bits per heavy atom. The van der Waals surface area contributed by atoms with E-state index >= 15 is 0 Å². The van der Waals surface area contributed by atoms with Gasteiger partial charge < -0.3 is 10.0 Å². The first kappa shape index (κ1) is 12.3. The third kappa shape index (κ3) is 2.11. The van der Waals surface area contributed by atoms with Gasteiger partial charge in [0.15, 0.2) is 5.78 Å². The lowest BCUT2D eigenvalue weighted by molar-refractivity contribution is -0.121. The van der Waals surface area contributed by atoms with E-state index in [1.807, 2.05) is 6.92 Å². The normalized spacial score (nSPS) is 15.3. The molecule has 0 saturated carbocycles. The van der Waals surface area contributed by atoms with Crippen LogP contribution >= 0.6 is 0 Å². The van der Waals surface area contributed by atoms with Gasteiger partial charge in [-0.25, -0.2) is 4.79 Å². The van der Waals surface area contributed by atoms with Gasteiger partial charge in [0.2, 0.25) is 5.91 Å². The maximum Gasteiger partial charge on any atom is 0.335 e. The van der Waals surface area contributed by atoms with Crippen molar-refractivity contribution >= 4 is 23.3 Å². The number of hydrogen-bond acceptors (Lipinski definition) is 3. The van der Waals surface area contributed by atoms with Gasteiger partial charge in [-0.3, -0.25) is 9.59 Å². The molecular weight excluding hydrogens is 234 g/mol. The van der Waals surface area contributed by atoms with E-state index < -0.39 is 5.97 Å². The van der Waals surface area contributed by atoms with E-state index in [1.165, 1.54) is 17.0 Å². The molecule has 18 heavy (non-hydrogen) atoms. The van der Waals surface area contributed by atoms with Crippen LogP contribution in [0.3, 0.4) is 0 Å². The smallest absolute Gasteiger partial charge is 0.335 e. The minimum atomic E-state index is -1.04. The Labute approximate surface area is 104 Å². The molecule has 5 heteroatoms. The van der Waals surface area contributed by atoms with Gasteiger partial charge in [0.25, 0.3) is 0 Å². The zero-order valence-electron chi connectivity index (χ0n) is 9.97. The van der Waals surface area contributed by atoms with Gasteiger partial charge in [0.1, 0.15) is 0 Å². The van der Waals surface area contributed by atoms with Crippen LogP contribution in [0.5, 0.6) is 0 Å². The van der Waals surface area contributed by atoms with E-state index in [1.54, 1.807) is 6.07 Å². The van der Waals surface area contributed by atoms with Crippen LogP contribution in [-0.4, -0.2) is 29.3 Å². The lowest BCUT2D eigenvalue weighted by Crippen LogP contribution is -2.26. The predicted octanol–water partition coefficient (Wildman–Crippen LogP) is 1.25. The molecule has 1 aliphatic rings. The topological polar surface area (TPSA) is 74.7 Å². The zero-order chi connectivity index (χ0) is 13.3. The third-order valence-corrected chi connectivity index (χ3v) is 2.99. The molecule has 1 amide bonds. The number of rotatable bonds is 3. The van der Waals surface area contributed by atoms with Gasteiger partial charge in [0.05, 0.1) is 18.5 Å². The fraction of sp³-hybridized carbons (Fsp3) is 0.308. The first-order valence-corrected chi connectivity index (χ1v) is 5.71. The molecule has 0 aliphatic carbocycles. The van der Waals surface area contributed by atoms with Gasteiger partial charge in [0, 0.05) is 5.69 Å². The number of carbonyl (C=O) groups is 3. The van der Waals surface area contributed by atoms with Crippen LogP contribution < -0.4 is 4.90 Å². The molecule has 0 aromatic heterocycles. The first-order chi connectivity index (χ1) is 8.52. The van der Waals surface area contributed by atoms with E-state index in [9.17, 15) is 14.4 Å². The van der Waals surface area contributed by atoms with Crippen LogP contribution in [-0.2, 0) is 16.0 Å². The minimum absolute atomic E-state index is 0.0366. The number of carbonyl (C=O) groups excluding carboxylic acids is 2. The number of hydrogen-bond donors (Lipinski definition) is 1. The molecular formula is C13H13NO4. The van der Waals surface area contributed by atoms with Gasteiger partial charge in [-0.1, -0.05) is 13.0 Å². The molecule has 1 N–H and O–H groups in total.